The second-order valence-electron chi connectivity index (χ2n) is 4.06. The molecule has 0 heterocycles. The lowest BCUT2D eigenvalue weighted by Gasteiger charge is -2.09. The van der Waals surface area contributed by atoms with Crippen molar-refractivity contribution in [2.45, 2.75) is 13.8 Å². The number of hydrogen-bond acceptors (Lipinski definition) is 2. The Morgan fingerprint density at radius 1 is 1.06 bits per heavy atom. The van der Waals surface area contributed by atoms with Crippen LogP contribution in [0, 0.1) is 6.92 Å². The normalized spacial score (nSPS) is 10.2. The van der Waals surface area contributed by atoms with Crippen LogP contribution in [0.2, 0.25) is 0 Å². The Balaban J connectivity index is 2.42. The minimum atomic E-state index is 0.626. The van der Waals surface area contributed by atoms with E-state index < -0.39 is 0 Å². The smallest absolute Gasteiger partial charge is 0.142 e. The van der Waals surface area contributed by atoms with E-state index in [0.717, 1.165) is 11.3 Å². The van der Waals surface area contributed by atoms with E-state index in [1.54, 1.807) is 0 Å². The van der Waals surface area contributed by atoms with Crippen LogP contribution < -0.4 is 10.5 Å². The first-order valence-corrected chi connectivity index (χ1v) is 5.80. The van der Waals surface area contributed by atoms with Crippen molar-refractivity contribution in [2.24, 2.45) is 0 Å². The molecule has 0 radical (unpaired) electrons. The van der Waals surface area contributed by atoms with Crippen molar-refractivity contribution in [3.63, 3.8) is 0 Å². The van der Waals surface area contributed by atoms with Crippen LogP contribution in [0.25, 0.3) is 11.1 Å². The maximum absolute atomic E-state index is 5.86. The first-order chi connectivity index (χ1) is 8.20. The van der Waals surface area contributed by atoms with Gasteiger partial charge in [-0.25, -0.2) is 0 Å². The molecule has 2 aromatic carbocycles. The molecule has 2 aromatic rings. The van der Waals surface area contributed by atoms with Gasteiger partial charge in [0, 0.05) is 0 Å². The highest BCUT2D eigenvalue weighted by atomic mass is 16.5. The topological polar surface area (TPSA) is 35.2 Å². The van der Waals surface area contributed by atoms with E-state index in [9.17, 15) is 0 Å². The molecule has 0 atom stereocenters. The average molecular weight is 227 g/mol. The van der Waals surface area contributed by atoms with E-state index in [4.69, 9.17) is 10.5 Å². The van der Waals surface area contributed by atoms with E-state index in [0.29, 0.717) is 12.3 Å². The zero-order valence-corrected chi connectivity index (χ0v) is 10.2. The minimum absolute atomic E-state index is 0.626. The summed E-state index contributed by atoms with van der Waals surface area (Å²) >= 11 is 0. The van der Waals surface area contributed by atoms with Crippen LogP contribution in [0.15, 0.2) is 42.5 Å². The van der Waals surface area contributed by atoms with E-state index in [1.807, 2.05) is 25.1 Å². The molecule has 0 spiro atoms. The molecule has 0 aromatic heterocycles. The van der Waals surface area contributed by atoms with Gasteiger partial charge in [0.2, 0.25) is 0 Å². The Hall–Kier alpha value is -1.96. The number of benzene rings is 2. The molecule has 2 heteroatoms. The van der Waals surface area contributed by atoms with Gasteiger partial charge >= 0.3 is 0 Å². The zero-order valence-electron chi connectivity index (χ0n) is 10.2. The van der Waals surface area contributed by atoms with Crippen LogP contribution in [0.5, 0.6) is 5.75 Å². The molecule has 0 aliphatic heterocycles. The third-order valence-electron chi connectivity index (χ3n) is 2.66. The molecule has 17 heavy (non-hydrogen) atoms. The van der Waals surface area contributed by atoms with Crippen molar-refractivity contribution in [1.29, 1.82) is 0 Å². The van der Waals surface area contributed by atoms with Crippen molar-refractivity contribution in [3.05, 3.63) is 48.0 Å². The Labute approximate surface area is 102 Å². The summed E-state index contributed by atoms with van der Waals surface area (Å²) in [6.45, 7) is 4.67. The first kappa shape index (κ1) is 11.5. The van der Waals surface area contributed by atoms with Crippen LogP contribution in [0.4, 0.5) is 5.69 Å². The summed E-state index contributed by atoms with van der Waals surface area (Å²) in [5.74, 6) is 0.756. The van der Waals surface area contributed by atoms with Crippen molar-refractivity contribution in [3.8, 4) is 16.9 Å². The van der Waals surface area contributed by atoms with Crippen molar-refractivity contribution >= 4 is 5.69 Å². The summed E-state index contributed by atoms with van der Waals surface area (Å²) in [5.41, 5.74) is 10.1. The molecule has 0 bridgehead atoms. The number of rotatable bonds is 3. The fraction of sp³-hybridized carbons (Fsp3) is 0.200. The van der Waals surface area contributed by atoms with E-state index in [2.05, 4.69) is 31.2 Å². The molecule has 0 aliphatic carbocycles. The maximum Gasteiger partial charge on any atom is 0.142 e. The van der Waals surface area contributed by atoms with Crippen LogP contribution in [-0.4, -0.2) is 6.61 Å². The number of nitrogen functional groups attached to an aromatic ring is 1. The summed E-state index contributed by atoms with van der Waals surface area (Å²) < 4.78 is 5.50. The lowest BCUT2D eigenvalue weighted by atomic mass is 10.0. The van der Waals surface area contributed by atoms with E-state index in [-0.39, 0.29) is 0 Å². The van der Waals surface area contributed by atoms with Crippen LogP contribution >= 0.6 is 0 Å². The van der Waals surface area contributed by atoms with Gasteiger partial charge < -0.3 is 10.5 Å². The number of ether oxygens (including phenoxy) is 1. The van der Waals surface area contributed by atoms with Gasteiger partial charge in [0.25, 0.3) is 0 Å². The summed E-state index contributed by atoms with van der Waals surface area (Å²) in [5, 5.41) is 0. The fourth-order valence-corrected chi connectivity index (χ4v) is 1.82. The second-order valence-corrected chi connectivity index (χ2v) is 4.06. The summed E-state index contributed by atoms with van der Waals surface area (Å²) in [6.07, 6.45) is 0. The molecule has 2 N–H and O–H groups in total. The third-order valence-corrected chi connectivity index (χ3v) is 2.66. The minimum Gasteiger partial charge on any atom is -0.492 e. The highest BCUT2D eigenvalue weighted by Gasteiger charge is 2.03. The standard InChI is InChI=1S/C15H17NO/c1-3-17-15-10-13(7-8-14(15)16)12-6-4-5-11(2)9-12/h4-10H,3,16H2,1-2H3. The monoisotopic (exact) mass is 227 g/mol. The largest absolute Gasteiger partial charge is 0.492 e. The molecule has 0 unspecified atom stereocenters. The molecule has 2 rings (SSSR count). The lowest BCUT2D eigenvalue weighted by molar-refractivity contribution is 0.342. The molecule has 0 saturated carbocycles. The molecule has 0 amide bonds. The van der Waals surface area contributed by atoms with Gasteiger partial charge in [-0.1, -0.05) is 35.9 Å². The molecular formula is C15H17NO. The van der Waals surface area contributed by atoms with Gasteiger partial charge in [0.15, 0.2) is 0 Å². The molecule has 0 fully saturated rings. The zero-order chi connectivity index (χ0) is 12.3. The van der Waals surface area contributed by atoms with Crippen LogP contribution in [-0.2, 0) is 0 Å². The lowest BCUT2D eigenvalue weighted by Crippen LogP contribution is -1.96. The third kappa shape index (κ3) is 2.59. The summed E-state index contributed by atoms with van der Waals surface area (Å²) in [6, 6.07) is 14.3. The van der Waals surface area contributed by atoms with Gasteiger partial charge in [0.1, 0.15) is 5.75 Å². The van der Waals surface area contributed by atoms with Crippen LogP contribution in [0.3, 0.4) is 0 Å². The van der Waals surface area contributed by atoms with Gasteiger partial charge in [-0.3, -0.25) is 0 Å². The highest BCUT2D eigenvalue weighted by molar-refractivity contribution is 5.70. The van der Waals surface area contributed by atoms with Crippen molar-refractivity contribution < 1.29 is 4.74 Å². The Morgan fingerprint density at radius 2 is 1.82 bits per heavy atom. The summed E-state index contributed by atoms with van der Waals surface area (Å²) in [7, 11) is 0. The first-order valence-electron chi connectivity index (χ1n) is 5.80. The Bertz CT molecular complexity index is 520. The number of aryl methyl sites for hydroxylation is 1. The number of anilines is 1. The van der Waals surface area contributed by atoms with Gasteiger partial charge in [0.05, 0.1) is 12.3 Å². The Morgan fingerprint density at radius 3 is 2.53 bits per heavy atom. The SMILES string of the molecule is CCOc1cc(-c2cccc(C)c2)ccc1N. The summed E-state index contributed by atoms with van der Waals surface area (Å²) in [4.78, 5) is 0. The molecule has 88 valence electrons. The van der Waals surface area contributed by atoms with Crippen molar-refractivity contribution in [2.75, 3.05) is 12.3 Å². The highest BCUT2D eigenvalue weighted by Crippen LogP contribution is 2.29. The van der Waals surface area contributed by atoms with Crippen molar-refractivity contribution in [1.82, 2.24) is 0 Å². The van der Waals surface area contributed by atoms with Gasteiger partial charge in [-0.15, -0.1) is 0 Å². The average Bonchev–Trinajstić information content (AvgIpc) is 2.32. The molecule has 0 saturated heterocycles. The van der Waals surface area contributed by atoms with Gasteiger partial charge in [-0.2, -0.15) is 0 Å². The molecular weight excluding hydrogens is 210 g/mol. The van der Waals surface area contributed by atoms with Gasteiger partial charge in [-0.05, 0) is 37.1 Å². The maximum atomic E-state index is 5.86. The van der Waals surface area contributed by atoms with E-state index in [1.165, 1.54) is 11.1 Å². The molecule has 2 nitrogen and oxygen atoms in total. The number of hydrogen-bond donors (Lipinski definition) is 1. The predicted octanol–water partition coefficient (Wildman–Crippen LogP) is 3.64. The predicted molar refractivity (Wildman–Crippen MR) is 72.2 cm³/mol. The van der Waals surface area contributed by atoms with E-state index >= 15 is 0 Å². The fourth-order valence-electron chi connectivity index (χ4n) is 1.82. The molecule has 0 aliphatic rings. The number of nitrogens with two attached hydrogens (primary N) is 1. The quantitative estimate of drug-likeness (QED) is 0.812. The Kier molecular flexibility index (Phi) is 3.33. The second kappa shape index (κ2) is 4.91. The van der Waals surface area contributed by atoms with Crippen LogP contribution in [0.1, 0.15) is 12.5 Å².